The van der Waals surface area contributed by atoms with Crippen LogP contribution in [0.2, 0.25) is 0 Å². The van der Waals surface area contributed by atoms with E-state index in [9.17, 15) is 9.59 Å². The number of benzene rings is 3. The number of hydrazone groups is 1. The van der Waals surface area contributed by atoms with Crippen LogP contribution in [0.25, 0.3) is 0 Å². The number of carboxylic acids is 1. The molecule has 0 unspecified atom stereocenters. The van der Waals surface area contributed by atoms with Crippen LogP contribution in [-0.4, -0.2) is 41.3 Å². The largest absolute Gasteiger partial charge is 0.487 e. The number of nitrogens with one attached hydrogen (secondary N) is 1. The lowest BCUT2D eigenvalue weighted by Crippen LogP contribution is -2.24. The molecule has 1 saturated heterocycles. The molecule has 192 valence electrons. The van der Waals surface area contributed by atoms with Gasteiger partial charge in [-0.3, -0.25) is 4.79 Å². The molecular formula is C26H22Br2N2O5S2. The Bertz CT molecular complexity index is 1260. The van der Waals surface area contributed by atoms with Gasteiger partial charge in [-0.15, -0.1) is 23.5 Å². The molecule has 1 heterocycles. The van der Waals surface area contributed by atoms with E-state index in [1.54, 1.807) is 12.1 Å². The normalized spacial score (nSPS) is 13.6. The number of aromatic carboxylic acids is 1. The Labute approximate surface area is 239 Å². The standard InChI is InChI=1S/C26H22Br2N2O5S2/c27-21-11-17(12-22(28)24(21)35-14-16-1-3-18(4-2-16)25(32)33)13-29-30-23(31)15-34-20-7-5-19(6-8-20)26-36-9-10-37-26/h1-8,11-13,26H,9-10,14-15H2,(H,30,31)(H,32,33)/b29-13-. The first-order chi connectivity index (χ1) is 17.9. The molecule has 0 aromatic heterocycles. The van der Waals surface area contributed by atoms with E-state index in [0.717, 1.165) is 11.1 Å². The average molecular weight is 666 g/mol. The Hall–Kier alpha value is -2.47. The molecule has 0 atom stereocenters. The molecule has 4 rings (SSSR count). The highest BCUT2D eigenvalue weighted by atomic mass is 79.9. The van der Waals surface area contributed by atoms with Gasteiger partial charge in [-0.2, -0.15) is 5.10 Å². The summed E-state index contributed by atoms with van der Waals surface area (Å²) in [6, 6.07) is 18.0. The first kappa shape index (κ1) is 27.6. The monoisotopic (exact) mass is 664 g/mol. The summed E-state index contributed by atoms with van der Waals surface area (Å²) in [5.41, 5.74) is 5.52. The first-order valence-corrected chi connectivity index (χ1v) is 14.8. The van der Waals surface area contributed by atoms with Crippen LogP contribution >= 0.6 is 55.4 Å². The van der Waals surface area contributed by atoms with Crippen molar-refractivity contribution >= 4 is 73.5 Å². The van der Waals surface area contributed by atoms with Crippen molar-refractivity contribution < 1.29 is 24.2 Å². The average Bonchev–Trinajstić information content (AvgIpc) is 3.43. The quantitative estimate of drug-likeness (QED) is 0.189. The summed E-state index contributed by atoms with van der Waals surface area (Å²) >= 11 is 10.9. The molecule has 11 heteroatoms. The second-order valence-corrected chi connectivity index (χ2v) is 12.3. The second kappa shape index (κ2) is 13.4. The fraction of sp³-hybridized carbons (Fsp3) is 0.192. The number of carbonyl (C=O) groups is 2. The van der Waals surface area contributed by atoms with Gasteiger partial charge in [-0.1, -0.05) is 24.3 Å². The highest BCUT2D eigenvalue weighted by molar-refractivity contribution is 9.11. The van der Waals surface area contributed by atoms with Crippen molar-refractivity contribution in [1.29, 1.82) is 0 Å². The van der Waals surface area contributed by atoms with Gasteiger partial charge in [0.15, 0.2) is 6.61 Å². The molecule has 1 aliphatic heterocycles. The smallest absolute Gasteiger partial charge is 0.335 e. The van der Waals surface area contributed by atoms with Gasteiger partial charge >= 0.3 is 5.97 Å². The molecule has 2 N–H and O–H groups in total. The molecule has 3 aromatic rings. The van der Waals surface area contributed by atoms with E-state index in [-0.39, 0.29) is 24.7 Å². The molecule has 3 aromatic carbocycles. The lowest BCUT2D eigenvalue weighted by Gasteiger charge is -2.11. The molecule has 0 saturated carbocycles. The third kappa shape index (κ3) is 8.00. The fourth-order valence-corrected chi connectivity index (χ4v) is 7.63. The van der Waals surface area contributed by atoms with Gasteiger partial charge in [0.25, 0.3) is 5.91 Å². The molecular weight excluding hydrogens is 644 g/mol. The molecule has 37 heavy (non-hydrogen) atoms. The van der Waals surface area contributed by atoms with Crippen molar-refractivity contribution in [1.82, 2.24) is 5.43 Å². The molecule has 0 spiro atoms. The Morgan fingerprint density at radius 3 is 2.27 bits per heavy atom. The first-order valence-electron chi connectivity index (χ1n) is 11.1. The zero-order valence-electron chi connectivity index (χ0n) is 19.4. The maximum Gasteiger partial charge on any atom is 0.335 e. The van der Waals surface area contributed by atoms with Gasteiger partial charge in [0.1, 0.15) is 18.1 Å². The van der Waals surface area contributed by atoms with Crippen molar-refractivity contribution in [3.05, 3.63) is 91.9 Å². The topological polar surface area (TPSA) is 97.2 Å². The molecule has 1 fully saturated rings. The highest BCUT2D eigenvalue weighted by Gasteiger charge is 2.18. The minimum atomic E-state index is -0.971. The minimum absolute atomic E-state index is 0.142. The summed E-state index contributed by atoms with van der Waals surface area (Å²) in [4.78, 5) is 23.1. The van der Waals surface area contributed by atoms with E-state index in [1.807, 2.05) is 59.9 Å². The molecule has 0 radical (unpaired) electrons. The number of halogens is 2. The number of carboxylic acid groups (broad SMARTS) is 1. The van der Waals surface area contributed by atoms with Crippen molar-refractivity contribution in [3.63, 3.8) is 0 Å². The van der Waals surface area contributed by atoms with Gasteiger partial charge in [-0.05, 0) is 84.9 Å². The maximum absolute atomic E-state index is 12.1. The third-order valence-electron chi connectivity index (χ3n) is 5.15. The van der Waals surface area contributed by atoms with Crippen LogP contribution in [0.15, 0.2) is 74.7 Å². The van der Waals surface area contributed by atoms with Crippen LogP contribution in [-0.2, 0) is 11.4 Å². The summed E-state index contributed by atoms with van der Waals surface area (Å²) in [6.07, 6.45) is 1.52. The number of nitrogens with zero attached hydrogens (tertiary/aromatic N) is 1. The van der Waals surface area contributed by atoms with Crippen LogP contribution < -0.4 is 14.9 Å². The van der Waals surface area contributed by atoms with Crippen LogP contribution in [0.5, 0.6) is 11.5 Å². The van der Waals surface area contributed by atoms with E-state index in [4.69, 9.17) is 14.6 Å². The lowest BCUT2D eigenvalue weighted by molar-refractivity contribution is -0.123. The van der Waals surface area contributed by atoms with Gasteiger partial charge in [0, 0.05) is 11.5 Å². The zero-order valence-corrected chi connectivity index (χ0v) is 24.2. The Balaban J connectivity index is 1.25. The van der Waals surface area contributed by atoms with Crippen LogP contribution in [0.1, 0.15) is 31.6 Å². The molecule has 1 amide bonds. The van der Waals surface area contributed by atoms with Crippen LogP contribution in [0.4, 0.5) is 0 Å². The van der Waals surface area contributed by atoms with Gasteiger partial charge in [0.05, 0.1) is 25.3 Å². The maximum atomic E-state index is 12.1. The molecule has 1 aliphatic rings. The van der Waals surface area contributed by atoms with Gasteiger partial charge < -0.3 is 14.6 Å². The fourth-order valence-electron chi connectivity index (χ4n) is 3.32. The number of rotatable bonds is 10. The number of hydrogen-bond donors (Lipinski definition) is 2. The highest BCUT2D eigenvalue weighted by Crippen LogP contribution is 2.45. The number of hydrogen-bond acceptors (Lipinski definition) is 7. The SMILES string of the molecule is O=C(COc1ccc(C2SCCS2)cc1)N/N=C\c1cc(Br)c(OCc2ccc(C(=O)O)cc2)c(Br)c1. The Morgan fingerprint density at radius 1 is 1.00 bits per heavy atom. The van der Waals surface area contributed by atoms with E-state index in [0.29, 0.717) is 25.0 Å². The molecule has 0 bridgehead atoms. The Kier molecular flexibility index (Phi) is 9.95. The van der Waals surface area contributed by atoms with Crippen molar-refractivity contribution in [3.8, 4) is 11.5 Å². The Morgan fingerprint density at radius 2 is 1.65 bits per heavy atom. The van der Waals surface area contributed by atoms with Crippen LogP contribution in [0, 0.1) is 0 Å². The van der Waals surface area contributed by atoms with Crippen molar-refractivity contribution in [2.24, 2.45) is 5.10 Å². The molecule has 0 aliphatic carbocycles. The van der Waals surface area contributed by atoms with Gasteiger partial charge in [-0.25, -0.2) is 10.2 Å². The number of thioether (sulfide) groups is 2. The number of carbonyl (C=O) groups excluding carboxylic acids is 1. The summed E-state index contributed by atoms with van der Waals surface area (Å²) in [5.74, 6) is 2.24. The van der Waals surface area contributed by atoms with E-state index >= 15 is 0 Å². The predicted molar refractivity (Wildman–Crippen MR) is 155 cm³/mol. The number of ether oxygens (including phenoxy) is 2. The summed E-state index contributed by atoms with van der Waals surface area (Å²) in [7, 11) is 0. The summed E-state index contributed by atoms with van der Waals surface area (Å²) in [6.45, 7) is 0.124. The minimum Gasteiger partial charge on any atom is -0.487 e. The van der Waals surface area contributed by atoms with Crippen LogP contribution in [0.3, 0.4) is 0 Å². The zero-order chi connectivity index (χ0) is 26.2. The van der Waals surface area contributed by atoms with Crippen molar-refractivity contribution in [2.45, 2.75) is 11.2 Å². The van der Waals surface area contributed by atoms with E-state index in [2.05, 4.69) is 42.4 Å². The molecule has 7 nitrogen and oxygen atoms in total. The van der Waals surface area contributed by atoms with Gasteiger partial charge in [0.2, 0.25) is 0 Å². The predicted octanol–water partition coefficient (Wildman–Crippen LogP) is 6.50. The number of amides is 1. The summed E-state index contributed by atoms with van der Waals surface area (Å²) in [5, 5.41) is 13.0. The lowest BCUT2D eigenvalue weighted by atomic mass is 10.1. The van der Waals surface area contributed by atoms with E-state index < -0.39 is 5.97 Å². The third-order valence-corrected chi connectivity index (χ3v) is 9.43. The van der Waals surface area contributed by atoms with Crippen molar-refractivity contribution in [2.75, 3.05) is 18.1 Å². The van der Waals surface area contributed by atoms with E-state index in [1.165, 1.54) is 35.4 Å². The summed E-state index contributed by atoms with van der Waals surface area (Å²) < 4.78 is 13.3. The second-order valence-electron chi connectivity index (χ2n) is 7.83.